The van der Waals surface area contributed by atoms with Crippen molar-refractivity contribution < 1.29 is 0 Å². The number of rotatable bonds is 4. The fraction of sp³-hybridized carbons (Fsp3) is 0.143. The zero-order valence-electron chi connectivity index (χ0n) is 17.7. The summed E-state index contributed by atoms with van der Waals surface area (Å²) in [6.45, 7) is 8.69. The molecule has 0 heterocycles. The van der Waals surface area contributed by atoms with Crippen LogP contribution in [-0.4, -0.2) is 20.3 Å². The number of aryl methyl sites for hydroxylation is 4. The van der Waals surface area contributed by atoms with E-state index < -0.39 is 20.3 Å². The van der Waals surface area contributed by atoms with Gasteiger partial charge in [0.15, 0.2) is 0 Å². The fourth-order valence-corrected chi connectivity index (χ4v) is 20.2. The molecule has 0 amide bonds. The molecule has 0 nitrogen and oxygen atoms in total. The summed E-state index contributed by atoms with van der Waals surface area (Å²) < 4.78 is 6.03. The van der Waals surface area contributed by atoms with Crippen molar-refractivity contribution in [1.82, 2.24) is 0 Å². The van der Waals surface area contributed by atoms with Crippen molar-refractivity contribution in [3.63, 3.8) is 0 Å². The summed E-state index contributed by atoms with van der Waals surface area (Å²) in [5, 5.41) is 0. The Labute approximate surface area is 179 Å². The van der Waals surface area contributed by atoms with Gasteiger partial charge in [0.2, 0.25) is 0 Å². The predicted molar refractivity (Wildman–Crippen MR) is 129 cm³/mol. The Bertz CT molecular complexity index is 900. The topological polar surface area (TPSA) is 0 Å². The average Bonchev–Trinajstić information content (AvgIpc) is 2.73. The Morgan fingerprint density at radius 3 is 0.655 bits per heavy atom. The van der Waals surface area contributed by atoms with E-state index in [0.717, 1.165) is 0 Å². The van der Waals surface area contributed by atoms with Crippen LogP contribution in [-0.2, 0) is 0 Å². The SMILES string of the molecule is Cc1cc[c]([Bi]([c]2ccc(C)cc2)([c]2ccc(C)cc2)[c]2ccc(C)cc2)cc1. The maximum absolute atomic E-state index is 3.51. The molecule has 0 unspecified atom stereocenters. The van der Waals surface area contributed by atoms with Crippen molar-refractivity contribution in [1.29, 1.82) is 0 Å². The van der Waals surface area contributed by atoms with Crippen LogP contribution in [0.4, 0.5) is 0 Å². The second-order valence-electron chi connectivity index (χ2n) is 8.01. The molecule has 145 valence electrons. The molecule has 0 N–H and O–H groups in total. The minimum absolute atomic E-state index is 1.31. The van der Waals surface area contributed by atoms with Crippen LogP contribution in [0.25, 0.3) is 0 Å². The molecule has 1 radical (unpaired) electrons. The molecule has 0 aliphatic heterocycles. The van der Waals surface area contributed by atoms with E-state index in [4.69, 9.17) is 0 Å². The zero-order valence-corrected chi connectivity index (χ0v) is 21.2. The average molecular weight is 574 g/mol. The van der Waals surface area contributed by atoms with E-state index in [1.54, 1.807) is 0 Å². The Balaban J connectivity index is 2.11. The minimum atomic E-state index is -3.51. The van der Waals surface area contributed by atoms with E-state index in [9.17, 15) is 0 Å². The van der Waals surface area contributed by atoms with Gasteiger partial charge in [-0.2, -0.15) is 0 Å². The van der Waals surface area contributed by atoms with Crippen LogP contribution in [0.2, 0.25) is 0 Å². The van der Waals surface area contributed by atoms with Gasteiger partial charge in [-0.25, -0.2) is 0 Å². The second-order valence-corrected chi connectivity index (χ2v) is 21.3. The molecular weight excluding hydrogens is 545 g/mol. The third-order valence-electron chi connectivity index (χ3n) is 5.69. The molecule has 0 aliphatic carbocycles. The molecule has 29 heavy (non-hydrogen) atoms. The first-order valence-electron chi connectivity index (χ1n) is 10.2. The molecule has 0 saturated carbocycles. The van der Waals surface area contributed by atoms with Gasteiger partial charge in [0.1, 0.15) is 0 Å². The van der Waals surface area contributed by atoms with Gasteiger partial charge in [-0.15, -0.1) is 0 Å². The zero-order chi connectivity index (χ0) is 20.4. The van der Waals surface area contributed by atoms with E-state index in [-0.39, 0.29) is 0 Å². The summed E-state index contributed by atoms with van der Waals surface area (Å²) in [5.74, 6) is 0. The maximum atomic E-state index is 2.38. The van der Waals surface area contributed by atoms with Crippen molar-refractivity contribution >= 4 is 33.4 Å². The second kappa shape index (κ2) is 8.25. The molecule has 0 bridgehead atoms. The van der Waals surface area contributed by atoms with E-state index >= 15 is 0 Å². The monoisotopic (exact) mass is 573 g/mol. The van der Waals surface area contributed by atoms with Crippen LogP contribution >= 0.6 is 0 Å². The summed E-state index contributed by atoms with van der Waals surface area (Å²) in [5.41, 5.74) is 5.25. The summed E-state index contributed by atoms with van der Waals surface area (Å²) >= 11 is -3.51. The van der Waals surface area contributed by atoms with E-state index in [1.165, 1.54) is 35.3 Å². The Hall–Kier alpha value is -2.24. The molecule has 0 atom stereocenters. The van der Waals surface area contributed by atoms with E-state index in [1.807, 2.05) is 0 Å². The Morgan fingerprint density at radius 2 is 0.483 bits per heavy atom. The first-order valence-corrected chi connectivity index (χ1v) is 17.1. The molecule has 0 spiro atoms. The van der Waals surface area contributed by atoms with Gasteiger partial charge >= 0.3 is 180 Å². The van der Waals surface area contributed by atoms with Gasteiger partial charge in [-0.1, -0.05) is 0 Å². The fourth-order valence-electron chi connectivity index (χ4n) is 3.97. The van der Waals surface area contributed by atoms with Crippen molar-refractivity contribution in [2.24, 2.45) is 0 Å². The molecule has 4 aromatic carbocycles. The van der Waals surface area contributed by atoms with Crippen molar-refractivity contribution in [2.45, 2.75) is 27.7 Å². The molecule has 0 saturated heterocycles. The Kier molecular flexibility index (Phi) is 5.70. The van der Waals surface area contributed by atoms with Crippen LogP contribution in [0.15, 0.2) is 97.1 Å². The van der Waals surface area contributed by atoms with Gasteiger partial charge in [0.05, 0.1) is 0 Å². The molecule has 1 heteroatoms. The van der Waals surface area contributed by atoms with Gasteiger partial charge in [0.25, 0.3) is 0 Å². The van der Waals surface area contributed by atoms with Gasteiger partial charge < -0.3 is 0 Å². The van der Waals surface area contributed by atoms with Gasteiger partial charge in [-0.3, -0.25) is 0 Å². The van der Waals surface area contributed by atoms with Crippen LogP contribution in [0.5, 0.6) is 0 Å². The predicted octanol–water partition coefficient (Wildman–Crippen LogP) is 4.30. The quantitative estimate of drug-likeness (QED) is 0.320. The molecule has 4 aromatic rings. The molecule has 0 aliphatic rings. The molecule has 0 fully saturated rings. The normalized spacial score (nSPS) is 11.4. The van der Waals surface area contributed by atoms with Crippen LogP contribution < -0.4 is 13.1 Å². The van der Waals surface area contributed by atoms with Gasteiger partial charge in [0, 0.05) is 0 Å². The summed E-state index contributed by atoms with van der Waals surface area (Å²) in [6.07, 6.45) is 0. The van der Waals surface area contributed by atoms with Crippen LogP contribution in [0.3, 0.4) is 0 Å². The first-order chi connectivity index (χ1) is 14.0. The van der Waals surface area contributed by atoms with E-state index in [0.29, 0.717) is 0 Å². The van der Waals surface area contributed by atoms with Crippen LogP contribution in [0, 0.1) is 27.7 Å². The van der Waals surface area contributed by atoms with Crippen LogP contribution in [0.1, 0.15) is 22.3 Å². The van der Waals surface area contributed by atoms with Crippen molar-refractivity contribution in [3.8, 4) is 0 Å². The molecule has 4 rings (SSSR count). The molecule has 0 aromatic heterocycles. The van der Waals surface area contributed by atoms with Crippen molar-refractivity contribution in [2.75, 3.05) is 0 Å². The van der Waals surface area contributed by atoms with Crippen molar-refractivity contribution in [3.05, 3.63) is 119 Å². The Morgan fingerprint density at radius 1 is 0.310 bits per heavy atom. The van der Waals surface area contributed by atoms with E-state index in [2.05, 4.69) is 125 Å². The molecular formula is C28H28Bi. The summed E-state index contributed by atoms with van der Waals surface area (Å²) in [7, 11) is 0. The van der Waals surface area contributed by atoms with Gasteiger partial charge in [-0.05, 0) is 0 Å². The third-order valence-corrected chi connectivity index (χ3v) is 22.4. The first kappa shape index (κ1) is 20.1. The third kappa shape index (κ3) is 3.81. The summed E-state index contributed by atoms with van der Waals surface area (Å²) in [4.78, 5) is 0. The standard InChI is InChI=1S/4C7H7.Bi/c4*1-7-5-3-2-4-6-7;/h4*3-6H,1H3;. The number of benzene rings is 4. The number of hydrogen-bond donors (Lipinski definition) is 0. The summed E-state index contributed by atoms with van der Waals surface area (Å²) in [6, 6.07) is 37.3. The number of hydrogen-bond acceptors (Lipinski definition) is 0.